The second kappa shape index (κ2) is 7.75. The Morgan fingerprint density at radius 3 is 2.76 bits per heavy atom. The molecule has 21 heavy (non-hydrogen) atoms. The lowest BCUT2D eigenvalue weighted by atomic mass is 10.2. The van der Waals surface area contributed by atoms with Gasteiger partial charge in [-0.05, 0) is 19.1 Å². The van der Waals surface area contributed by atoms with Gasteiger partial charge in [-0.1, -0.05) is 41.6 Å². The van der Waals surface area contributed by atoms with Gasteiger partial charge in [0.05, 0.1) is 11.5 Å². The second-order valence-electron chi connectivity index (χ2n) is 4.05. The predicted molar refractivity (Wildman–Crippen MR) is 84.5 cm³/mol. The van der Waals surface area contributed by atoms with Gasteiger partial charge in [-0.15, -0.1) is 0 Å². The van der Waals surface area contributed by atoms with Crippen molar-refractivity contribution < 1.29 is 4.79 Å². The molecule has 1 aromatic carbocycles. The fourth-order valence-corrected chi connectivity index (χ4v) is 2.30. The van der Waals surface area contributed by atoms with E-state index < -0.39 is 0 Å². The molecule has 0 saturated heterocycles. The number of hydrogen-bond donors (Lipinski definition) is 1. The summed E-state index contributed by atoms with van der Waals surface area (Å²) >= 11 is 7.25. The maximum atomic E-state index is 11.9. The molecule has 0 fully saturated rings. The highest BCUT2D eigenvalue weighted by Gasteiger charge is 2.14. The number of nitrogens with one attached hydrogen (secondary N) is 1. The summed E-state index contributed by atoms with van der Waals surface area (Å²) in [5.41, 5.74) is 3.22. The van der Waals surface area contributed by atoms with Gasteiger partial charge in [-0.3, -0.25) is 4.79 Å². The number of carbonyl (C=O) groups excluding carboxylic acids is 1. The van der Waals surface area contributed by atoms with Gasteiger partial charge in [0.15, 0.2) is 5.16 Å². The van der Waals surface area contributed by atoms with Crippen molar-refractivity contribution in [1.82, 2.24) is 15.4 Å². The van der Waals surface area contributed by atoms with Crippen molar-refractivity contribution in [2.45, 2.75) is 17.3 Å². The van der Waals surface area contributed by atoms with Crippen molar-refractivity contribution in [2.75, 3.05) is 0 Å². The average Bonchev–Trinajstić information content (AvgIpc) is 2.50. The number of rotatable bonds is 5. The van der Waals surface area contributed by atoms with Gasteiger partial charge in [0.1, 0.15) is 0 Å². The van der Waals surface area contributed by atoms with Crippen molar-refractivity contribution in [3.05, 3.63) is 53.3 Å². The van der Waals surface area contributed by atoms with Gasteiger partial charge in [0.2, 0.25) is 0 Å². The van der Waals surface area contributed by atoms with E-state index in [0.717, 1.165) is 5.56 Å². The number of aromatic nitrogens is 2. The van der Waals surface area contributed by atoms with E-state index in [1.807, 2.05) is 18.2 Å². The highest BCUT2D eigenvalue weighted by Crippen LogP contribution is 2.18. The number of halogens is 1. The van der Waals surface area contributed by atoms with Crippen molar-refractivity contribution in [2.24, 2.45) is 5.10 Å². The molecule has 0 unspecified atom stereocenters. The molecule has 5 nitrogen and oxygen atoms in total. The van der Waals surface area contributed by atoms with Crippen LogP contribution in [0.15, 0.2) is 53.0 Å². The Hall–Kier alpha value is -1.92. The number of hydrazone groups is 1. The molecule has 1 atom stereocenters. The molecular formula is C14H13ClN4OS. The average molecular weight is 321 g/mol. The van der Waals surface area contributed by atoms with E-state index in [1.54, 1.807) is 31.5 Å². The van der Waals surface area contributed by atoms with Gasteiger partial charge in [-0.2, -0.15) is 5.10 Å². The minimum atomic E-state index is -0.351. The van der Waals surface area contributed by atoms with E-state index in [1.165, 1.54) is 18.0 Å². The molecule has 2 aromatic rings. The monoisotopic (exact) mass is 320 g/mol. The van der Waals surface area contributed by atoms with E-state index in [2.05, 4.69) is 20.5 Å². The molecule has 0 aliphatic heterocycles. The quantitative estimate of drug-likeness (QED) is 0.398. The Bertz CT molecular complexity index is 636. The van der Waals surface area contributed by atoms with Crippen LogP contribution in [0.1, 0.15) is 12.5 Å². The second-order valence-corrected chi connectivity index (χ2v) is 5.76. The molecule has 2 rings (SSSR count). The first-order valence-electron chi connectivity index (χ1n) is 6.18. The summed E-state index contributed by atoms with van der Waals surface area (Å²) in [6, 6.07) is 8.98. The molecule has 7 heteroatoms. The Labute approximate surface area is 131 Å². The van der Waals surface area contributed by atoms with Crippen LogP contribution in [-0.4, -0.2) is 27.3 Å². The first-order valence-corrected chi connectivity index (χ1v) is 7.43. The summed E-state index contributed by atoms with van der Waals surface area (Å²) in [6.07, 6.45) is 4.78. The zero-order chi connectivity index (χ0) is 15.1. The van der Waals surface area contributed by atoms with Crippen molar-refractivity contribution in [3.63, 3.8) is 0 Å². The number of thioether (sulfide) groups is 1. The Morgan fingerprint density at radius 1 is 1.33 bits per heavy atom. The van der Waals surface area contributed by atoms with E-state index >= 15 is 0 Å². The zero-order valence-electron chi connectivity index (χ0n) is 11.2. The van der Waals surface area contributed by atoms with Crippen LogP contribution in [0.3, 0.4) is 0 Å². The zero-order valence-corrected chi connectivity index (χ0v) is 12.8. The SMILES string of the molecule is C[C@H](Sc1ncccn1)C(=O)N/N=C\c1ccccc1Cl. The maximum absolute atomic E-state index is 11.9. The maximum Gasteiger partial charge on any atom is 0.253 e. The Kier molecular flexibility index (Phi) is 5.71. The van der Waals surface area contributed by atoms with E-state index in [4.69, 9.17) is 11.6 Å². The Morgan fingerprint density at radius 2 is 2.05 bits per heavy atom. The third-order valence-electron chi connectivity index (χ3n) is 2.48. The lowest BCUT2D eigenvalue weighted by molar-refractivity contribution is -0.120. The first-order chi connectivity index (χ1) is 10.2. The van der Waals surface area contributed by atoms with Gasteiger partial charge in [0.25, 0.3) is 5.91 Å². The third-order valence-corrected chi connectivity index (χ3v) is 3.81. The summed E-state index contributed by atoms with van der Waals surface area (Å²) in [4.78, 5) is 20.0. The molecule has 108 valence electrons. The highest BCUT2D eigenvalue weighted by atomic mass is 35.5. The van der Waals surface area contributed by atoms with Crippen LogP contribution in [0.5, 0.6) is 0 Å². The minimum absolute atomic E-state index is 0.226. The minimum Gasteiger partial charge on any atom is -0.272 e. The number of amides is 1. The van der Waals surface area contributed by atoms with Gasteiger partial charge < -0.3 is 0 Å². The van der Waals surface area contributed by atoms with Crippen molar-refractivity contribution in [1.29, 1.82) is 0 Å². The summed E-state index contributed by atoms with van der Waals surface area (Å²) in [5.74, 6) is -0.226. The van der Waals surface area contributed by atoms with Crippen molar-refractivity contribution >= 4 is 35.5 Å². The Balaban J connectivity index is 1.88. The van der Waals surface area contributed by atoms with E-state index in [0.29, 0.717) is 10.2 Å². The molecule has 1 heterocycles. The lowest BCUT2D eigenvalue weighted by Crippen LogP contribution is -2.27. The fourth-order valence-electron chi connectivity index (χ4n) is 1.39. The van der Waals surface area contributed by atoms with Crippen LogP contribution < -0.4 is 5.43 Å². The first kappa shape index (κ1) is 15.5. The largest absolute Gasteiger partial charge is 0.272 e. The van der Waals surface area contributed by atoms with Crippen LogP contribution in [0.2, 0.25) is 5.02 Å². The molecule has 0 aliphatic rings. The predicted octanol–water partition coefficient (Wildman–Crippen LogP) is 2.76. The normalized spacial score (nSPS) is 12.3. The molecular weight excluding hydrogens is 308 g/mol. The molecule has 0 bridgehead atoms. The number of nitrogens with zero attached hydrogens (tertiary/aromatic N) is 3. The van der Waals surface area contributed by atoms with Crippen LogP contribution >= 0.6 is 23.4 Å². The fraction of sp³-hybridized carbons (Fsp3) is 0.143. The number of benzene rings is 1. The van der Waals surface area contributed by atoms with Crippen LogP contribution in [0.4, 0.5) is 0 Å². The molecule has 1 N–H and O–H groups in total. The lowest BCUT2D eigenvalue weighted by Gasteiger charge is -2.07. The molecule has 0 aliphatic carbocycles. The number of carbonyl (C=O) groups is 1. The summed E-state index contributed by atoms with van der Waals surface area (Å²) in [6.45, 7) is 1.77. The third kappa shape index (κ3) is 4.84. The van der Waals surface area contributed by atoms with Crippen LogP contribution in [0.25, 0.3) is 0 Å². The highest BCUT2D eigenvalue weighted by molar-refractivity contribution is 8.00. The van der Waals surface area contributed by atoms with E-state index in [9.17, 15) is 4.79 Å². The molecule has 0 radical (unpaired) electrons. The van der Waals surface area contributed by atoms with E-state index in [-0.39, 0.29) is 11.2 Å². The summed E-state index contributed by atoms with van der Waals surface area (Å²) < 4.78 is 0. The molecule has 0 spiro atoms. The van der Waals surface area contributed by atoms with Crippen molar-refractivity contribution in [3.8, 4) is 0 Å². The number of hydrogen-bond acceptors (Lipinski definition) is 5. The van der Waals surface area contributed by atoms with Crippen LogP contribution in [0, 0.1) is 0 Å². The van der Waals surface area contributed by atoms with Gasteiger partial charge in [-0.25, -0.2) is 15.4 Å². The summed E-state index contributed by atoms with van der Waals surface area (Å²) in [5, 5.41) is 4.68. The van der Waals surface area contributed by atoms with Gasteiger partial charge in [0, 0.05) is 23.0 Å². The smallest absolute Gasteiger partial charge is 0.253 e. The molecule has 1 amide bonds. The van der Waals surface area contributed by atoms with Gasteiger partial charge >= 0.3 is 0 Å². The molecule has 0 saturated carbocycles. The standard InChI is InChI=1S/C14H13ClN4OS/c1-10(21-14-16-7-4-8-17-14)13(20)19-18-9-11-5-2-3-6-12(11)15/h2-10H,1H3,(H,19,20)/b18-9-/t10-/m0/s1. The topological polar surface area (TPSA) is 67.2 Å². The van der Waals surface area contributed by atoms with Crippen LogP contribution in [-0.2, 0) is 4.79 Å². The summed E-state index contributed by atoms with van der Waals surface area (Å²) in [7, 11) is 0. The molecule has 1 aromatic heterocycles.